The molecule has 0 radical (unpaired) electrons. The first kappa shape index (κ1) is 18.2. The lowest BCUT2D eigenvalue weighted by Gasteiger charge is -2.32. The van der Waals surface area contributed by atoms with Gasteiger partial charge in [0.15, 0.2) is 17.3 Å². The highest BCUT2D eigenvalue weighted by atomic mass is 32.2. The number of quaternary nitrogens is 1. The Kier molecular flexibility index (Phi) is 5.02. The van der Waals surface area contributed by atoms with Crippen LogP contribution in [0.5, 0.6) is 17.2 Å². The molecule has 2 aliphatic rings. The zero-order valence-corrected chi connectivity index (χ0v) is 16.7. The van der Waals surface area contributed by atoms with Gasteiger partial charge in [-0.2, -0.15) is 0 Å². The molecule has 0 aliphatic carbocycles. The van der Waals surface area contributed by atoms with Gasteiger partial charge in [0.25, 0.3) is 0 Å². The van der Waals surface area contributed by atoms with Crippen LogP contribution >= 0.6 is 11.8 Å². The SMILES string of the molecule is COc1c2c(cc3c1[C@@H](CC(=O)c1ccc(SC)cc1)[NH+](C)CC3)OCO2. The first-order chi connectivity index (χ1) is 13.1. The average Bonchev–Trinajstić information content (AvgIpc) is 3.16. The lowest BCUT2D eigenvalue weighted by molar-refractivity contribution is -0.913. The molecule has 1 unspecified atom stereocenters. The monoisotopic (exact) mass is 386 g/mol. The molecule has 1 N–H and O–H groups in total. The zero-order chi connectivity index (χ0) is 19.0. The van der Waals surface area contributed by atoms with Gasteiger partial charge >= 0.3 is 0 Å². The number of nitrogens with one attached hydrogen (secondary N) is 1. The van der Waals surface area contributed by atoms with E-state index in [9.17, 15) is 4.79 Å². The minimum absolute atomic E-state index is 0.0333. The predicted molar refractivity (Wildman–Crippen MR) is 104 cm³/mol. The van der Waals surface area contributed by atoms with Crippen LogP contribution in [0.4, 0.5) is 0 Å². The van der Waals surface area contributed by atoms with Crippen LogP contribution in [0.25, 0.3) is 0 Å². The van der Waals surface area contributed by atoms with Gasteiger partial charge in [0.05, 0.1) is 32.7 Å². The fourth-order valence-corrected chi connectivity index (χ4v) is 4.39. The van der Waals surface area contributed by atoms with Gasteiger partial charge in [-0.3, -0.25) is 4.79 Å². The van der Waals surface area contributed by atoms with E-state index >= 15 is 0 Å². The van der Waals surface area contributed by atoms with Gasteiger partial charge in [-0.05, 0) is 30.0 Å². The predicted octanol–water partition coefficient (Wildman–Crippen LogP) is 2.53. The van der Waals surface area contributed by atoms with E-state index in [1.54, 1.807) is 18.9 Å². The van der Waals surface area contributed by atoms with E-state index in [4.69, 9.17) is 14.2 Å². The van der Waals surface area contributed by atoms with E-state index in [0.717, 1.165) is 40.5 Å². The number of likely N-dealkylation sites (N-methyl/N-ethyl adjacent to an activating group) is 1. The average molecular weight is 386 g/mol. The van der Waals surface area contributed by atoms with Crippen LogP contribution in [0.15, 0.2) is 35.2 Å². The Hall–Kier alpha value is -2.18. The maximum absolute atomic E-state index is 13.0. The summed E-state index contributed by atoms with van der Waals surface area (Å²) in [5, 5.41) is 0. The Morgan fingerprint density at radius 3 is 2.78 bits per heavy atom. The fraction of sp³-hybridized carbons (Fsp3) is 0.381. The third kappa shape index (κ3) is 3.28. The standard InChI is InChI=1S/C21H23NO4S/c1-22-9-8-14-10-18-20(26-12-25-18)21(24-2)19(14)16(22)11-17(23)13-4-6-15(27-3)7-5-13/h4-7,10,16H,8-9,11-12H2,1-3H3/p+1/t16-/m1/s1. The van der Waals surface area contributed by atoms with Crippen LogP contribution in [0.2, 0.25) is 0 Å². The van der Waals surface area contributed by atoms with Crippen molar-refractivity contribution in [2.45, 2.75) is 23.8 Å². The molecule has 0 bridgehead atoms. The molecule has 0 spiro atoms. The highest BCUT2D eigenvalue weighted by molar-refractivity contribution is 7.98. The summed E-state index contributed by atoms with van der Waals surface area (Å²) in [5.41, 5.74) is 3.03. The lowest BCUT2D eigenvalue weighted by atomic mass is 9.87. The minimum atomic E-state index is 0.0333. The van der Waals surface area contributed by atoms with Gasteiger partial charge in [0.2, 0.25) is 12.5 Å². The van der Waals surface area contributed by atoms with Gasteiger partial charge in [-0.25, -0.2) is 0 Å². The van der Waals surface area contributed by atoms with Crippen LogP contribution < -0.4 is 19.1 Å². The molecular formula is C21H24NO4S+. The van der Waals surface area contributed by atoms with Crippen molar-refractivity contribution >= 4 is 17.5 Å². The van der Waals surface area contributed by atoms with Crippen LogP contribution in [-0.2, 0) is 6.42 Å². The summed E-state index contributed by atoms with van der Waals surface area (Å²) in [4.78, 5) is 15.5. The summed E-state index contributed by atoms with van der Waals surface area (Å²) in [6.45, 7) is 1.18. The van der Waals surface area contributed by atoms with E-state index in [-0.39, 0.29) is 18.6 Å². The molecule has 6 heteroatoms. The summed E-state index contributed by atoms with van der Waals surface area (Å²) in [6.07, 6.45) is 3.40. The normalized spacial score (nSPS) is 20.3. The third-order valence-corrected chi connectivity index (χ3v) is 6.22. The van der Waals surface area contributed by atoms with Crippen molar-refractivity contribution in [3.63, 3.8) is 0 Å². The number of hydrogen-bond acceptors (Lipinski definition) is 5. The maximum Gasteiger partial charge on any atom is 0.231 e. The highest BCUT2D eigenvalue weighted by Gasteiger charge is 2.37. The second-order valence-corrected chi connectivity index (χ2v) is 7.85. The first-order valence-corrected chi connectivity index (χ1v) is 10.3. The number of benzene rings is 2. The van der Waals surface area contributed by atoms with Crippen LogP contribution in [-0.4, -0.2) is 39.5 Å². The number of Topliss-reactive ketones (excluding diaryl/α,β-unsaturated/α-hetero) is 1. The summed E-state index contributed by atoms with van der Waals surface area (Å²) in [7, 11) is 3.79. The smallest absolute Gasteiger partial charge is 0.231 e. The number of carbonyl (C=O) groups is 1. The lowest BCUT2D eigenvalue weighted by Crippen LogP contribution is -3.10. The van der Waals surface area contributed by atoms with Gasteiger partial charge in [-0.1, -0.05) is 12.1 Å². The van der Waals surface area contributed by atoms with E-state index in [2.05, 4.69) is 13.1 Å². The van der Waals surface area contributed by atoms with Crippen LogP contribution in [0, 0.1) is 0 Å². The van der Waals surface area contributed by atoms with E-state index in [0.29, 0.717) is 12.2 Å². The van der Waals surface area contributed by atoms with Gasteiger partial charge in [0.1, 0.15) is 6.04 Å². The number of methoxy groups -OCH3 is 1. The topological polar surface area (TPSA) is 49.2 Å². The molecule has 142 valence electrons. The van der Waals surface area contributed by atoms with Crippen molar-refractivity contribution in [3.05, 3.63) is 47.0 Å². The first-order valence-electron chi connectivity index (χ1n) is 9.11. The third-order valence-electron chi connectivity index (χ3n) is 5.48. The van der Waals surface area contributed by atoms with E-state index < -0.39 is 0 Å². The molecule has 2 aromatic rings. The number of thioether (sulfide) groups is 1. The number of hydrogen-bond donors (Lipinski definition) is 1. The molecule has 0 aromatic heterocycles. The molecule has 0 fully saturated rings. The van der Waals surface area contributed by atoms with E-state index in [1.807, 2.05) is 30.5 Å². The Bertz CT molecular complexity index is 865. The van der Waals surface area contributed by atoms with Gasteiger partial charge in [0, 0.05) is 16.9 Å². The molecule has 27 heavy (non-hydrogen) atoms. The second kappa shape index (κ2) is 7.44. The molecule has 4 rings (SSSR count). The Morgan fingerprint density at radius 2 is 2.07 bits per heavy atom. The van der Waals surface area contributed by atoms with Crippen LogP contribution in [0.3, 0.4) is 0 Å². The summed E-state index contributed by atoms with van der Waals surface area (Å²) >= 11 is 1.67. The zero-order valence-electron chi connectivity index (χ0n) is 15.8. The van der Waals surface area contributed by atoms with Gasteiger partial charge < -0.3 is 19.1 Å². The number of rotatable bonds is 5. The molecule has 2 heterocycles. The molecule has 0 amide bonds. The van der Waals surface area contributed by atoms with Crippen molar-refractivity contribution in [1.82, 2.24) is 0 Å². The minimum Gasteiger partial charge on any atom is -0.492 e. The number of ketones is 1. The number of carbonyl (C=O) groups excluding carboxylic acids is 1. The summed E-state index contributed by atoms with van der Waals surface area (Å²) < 4.78 is 16.9. The summed E-state index contributed by atoms with van der Waals surface area (Å²) in [6, 6.07) is 9.93. The molecule has 0 saturated carbocycles. The fourth-order valence-electron chi connectivity index (χ4n) is 3.98. The Labute approximate surface area is 163 Å². The van der Waals surface area contributed by atoms with Crippen molar-refractivity contribution in [2.24, 2.45) is 0 Å². The second-order valence-electron chi connectivity index (χ2n) is 6.97. The molecular weight excluding hydrogens is 362 g/mol. The van der Waals surface area contributed by atoms with Crippen molar-refractivity contribution < 1.29 is 23.9 Å². The molecule has 2 aromatic carbocycles. The van der Waals surface area contributed by atoms with Crippen LogP contribution in [0.1, 0.15) is 33.9 Å². The van der Waals surface area contributed by atoms with E-state index in [1.165, 1.54) is 10.5 Å². The highest BCUT2D eigenvalue weighted by Crippen LogP contribution is 2.47. The maximum atomic E-state index is 13.0. The summed E-state index contributed by atoms with van der Waals surface area (Å²) in [5.74, 6) is 2.27. The largest absolute Gasteiger partial charge is 0.492 e. The molecule has 2 aliphatic heterocycles. The molecule has 5 nitrogen and oxygen atoms in total. The molecule has 0 saturated heterocycles. The quantitative estimate of drug-likeness (QED) is 0.632. The number of fused-ring (bicyclic) bond motifs is 2. The Morgan fingerprint density at radius 1 is 1.30 bits per heavy atom. The molecule has 2 atom stereocenters. The van der Waals surface area contributed by atoms with Crippen molar-refractivity contribution in [2.75, 3.05) is 33.8 Å². The van der Waals surface area contributed by atoms with Crippen molar-refractivity contribution in [3.8, 4) is 17.2 Å². The van der Waals surface area contributed by atoms with Crippen molar-refractivity contribution in [1.29, 1.82) is 0 Å². The Balaban J connectivity index is 1.68. The number of ether oxygens (including phenoxy) is 3. The van der Waals surface area contributed by atoms with Gasteiger partial charge in [-0.15, -0.1) is 11.8 Å².